The molecule has 3 aromatic heterocycles. The zero-order chi connectivity index (χ0) is 41.8. The summed E-state index contributed by atoms with van der Waals surface area (Å²) in [5.41, 5.74) is 3.78. The number of ether oxygens (including phenoxy) is 3. The number of piperidine rings is 1. The molecule has 314 valence electrons. The molecule has 5 fully saturated rings. The first kappa shape index (κ1) is 39.6. The summed E-state index contributed by atoms with van der Waals surface area (Å²) in [5, 5.41) is 18.9. The summed E-state index contributed by atoms with van der Waals surface area (Å²) in [6, 6.07) is 16.5. The van der Waals surface area contributed by atoms with Crippen LogP contribution >= 0.6 is 0 Å². The molecule has 1 saturated heterocycles. The van der Waals surface area contributed by atoms with E-state index in [0.717, 1.165) is 41.1 Å². The quantitative estimate of drug-likeness (QED) is 0.124. The van der Waals surface area contributed by atoms with Gasteiger partial charge in [0.2, 0.25) is 0 Å². The molecule has 1 aliphatic heterocycles. The highest BCUT2D eigenvalue weighted by Crippen LogP contribution is 2.60. The van der Waals surface area contributed by atoms with Crippen molar-refractivity contribution in [2.75, 3.05) is 18.4 Å². The van der Waals surface area contributed by atoms with Gasteiger partial charge in [-0.25, -0.2) is 19.4 Å². The van der Waals surface area contributed by atoms with Crippen molar-refractivity contribution in [3.8, 4) is 16.9 Å². The van der Waals surface area contributed by atoms with E-state index in [2.05, 4.69) is 15.0 Å². The number of rotatable bonds is 11. The van der Waals surface area contributed by atoms with E-state index >= 15 is 0 Å². The summed E-state index contributed by atoms with van der Waals surface area (Å²) in [7, 11) is 0. The fraction of sp³-hybridized carbons (Fsp3) is 0.468. The van der Waals surface area contributed by atoms with Crippen LogP contribution in [0.15, 0.2) is 73.2 Å². The second kappa shape index (κ2) is 15.6. The molecule has 0 radical (unpaired) electrons. The number of nitrogens with zero attached hydrogens (tertiary/aromatic N) is 5. The standard InChI is InChI=1S/C47H54N6O7/c1-29-38(25-49-53(29)28-47-22-31-18-32(23-47)20-33(19-31)24-47)36-14-17-52-40(26-48-42(52)41(36)43(54)55)50-39-21-35(10-11-37(39)44(56)60-46(2,3)4)59-34-12-15-51(16-13-34)45(57)58-27-30-8-6-5-7-9-30/h5-11,14,17,21,25-26,31-34,50H,12-13,15-16,18-20,22-24,27-28H2,1-4H3,(H,54,55). The zero-order valence-electron chi connectivity index (χ0n) is 34.9. The molecule has 4 aliphatic carbocycles. The number of amides is 1. The van der Waals surface area contributed by atoms with Gasteiger partial charge < -0.3 is 29.5 Å². The Hall–Kier alpha value is -5.85. The first-order chi connectivity index (χ1) is 28.8. The summed E-state index contributed by atoms with van der Waals surface area (Å²) in [4.78, 5) is 45.7. The maximum Gasteiger partial charge on any atom is 0.410 e. The number of nitrogens with one attached hydrogen (secondary N) is 1. The number of pyridine rings is 1. The summed E-state index contributed by atoms with van der Waals surface area (Å²) < 4.78 is 21.5. The molecule has 0 unspecified atom stereocenters. The van der Waals surface area contributed by atoms with Crippen molar-refractivity contribution in [3.05, 3.63) is 95.6 Å². The predicted molar refractivity (Wildman–Crippen MR) is 225 cm³/mol. The van der Waals surface area contributed by atoms with Gasteiger partial charge in [-0.15, -0.1) is 0 Å². The Kier molecular flexibility index (Phi) is 10.3. The minimum atomic E-state index is -1.10. The minimum absolute atomic E-state index is 0.0720. The maximum atomic E-state index is 13.5. The van der Waals surface area contributed by atoms with Crippen LogP contribution in [0.4, 0.5) is 16.3 Å². The highest BCUT2D eigenvalue weighted by molar-refractivity contribution is 6.03. The third-order valence-electron chi connectivity index (χ3n) is 13.0. The zero-order valence-corrected chi connectivity index (χ0v) is 34.9. The second-order valence-electron chi connectivity index (χ2n) is 18.6. The number of carboxylic acid groups (broad SMARTS) is 1. The SMILES string of the molecule is Cc1c(-c2ccn3c(Nc4cc(OC5CCN(C(=O)OCc6ccccc6)CC5)ccc4C(=O)OC(C)(C)C)cnc3c2C(=O)O)cnn1CC12CC3CC(CC(C3)C1)C2. The molecule has 2 N–H and O–H groups in total. The first-order valence-corrected chi connectivity index (χ1v) is 21.3. The molecule has 4 heterocycles. The average molecular weight is 815 g/mol. The smallest absolute Gasteiger partial charge is 0.410 e. The number of carboxylic acids is 1. The van der Waals surface area contributed by atoms with Crippen molar-refractivity contribution < 1.29 is 33.7 Å². The van der Waals surface area contributed by atoms with Crippen LogP contribution in [0.5, 0.6) is 5.75 Å². The molecule has 4 saturated carbocycles. The van der Waals surface area contributed by atoms with E-state index in [1.54, 1.807) is 52.2 Å². The lowest BCUT2D eigenvalue weighted by Crippen LogP contribution is -2.48. The normalized spacial score (nSPS) is 22.5. The minimum Gasteiger partial charge on any atom is -0.490 e. The Bertz CT molecular complexity index is 2390. The Morgan fingerprint density at radius 2 is 1.62 bits per heavy atom. The van der Waals surface area contributed by atoms with Gasteiger partial charge in [-0.2, -0.15) is 5.10 Å². The molecule has 0 atom stereocenters. The number of benzene rings is 2. The van der Waals surface area contributed by atoms with Gasteiger partial charge in [0.15, 0.2) is 5.65 Å². The number of anilines is 2. The van der Waals surface area contributed by atoms with Crippen molar-refractivity contribution in [1.82, 2.24) is 24.1 Å². The largest absolute Gasteiger partial charge is 0.490 e. The molecule has 4 bridgehead atoms. The average Bonchev–Trinajstić information content (AvgIpc) is 3.77. The second-order valence-corrected chi connectivity index (χ2v) is 18.6. The van der Waals surface area contributed by atoms with Crippen molar-refractivity contribution in [2.45, 2.75) is 104 Å². The van der Waals surface area contributed by atoms with E-state index in [4.69, 9.17) is 19.3 Å². The molecular weight excluding hydrogens is 761 g/mol. The highest BCUT2D eigenvalue weighted by atomic mass is 16.6. The van der Waals surface area contributed by atoms with E-state index in [1.807, 2.05) is 58.0 Å². The predicted octanol–water partition coefficient (Wildman–Crippen LogP) is 9.30. The van der Waals surface area contributed by atoms with Gasteiger partial charge in [-0.05, 0) is 113 Å². The molecular formula is C47H54N6O7. The van der Waals surface area contributed by atoms with Gasteiger partial charge in [0.25, 0.3) is 0 Å². The van der Waals surface area contributed by atoms with Crippen molar-refractivity contribution in [3.63, 3.8) is 0 Å². The molecule has 5 aromatic rings. The monoisotopic (exact) mass is 814 g/mol. The Labute approximate surface area is 350 Å². The Morgan fingerprint density at radius 3 is 2.28 bits per heavy atom. The van der Waals surface area contributed by atoms with E-state index < -0.39 is 17.5 Å². The number of likely N-dealkylation sites (tertiary alicyclic amines) is 1. The van der Waals surface area contributed by atoms with Gasteiger partial charge in [-0.3, -0.25) is 9.08 Å². The number of hydrogen-bond acceptors (Lipinski definition) is 9. The number of aromatic carboxylic acids is 1. The number of imidazole rings is 1. The van der Waals surface area contributed by atoms with Gasteiger partial charge in [0.1, 0.15) is 35.4 Å². The third-order valence-corrected chi connectivity index (χ3v) is 13.0. The van der Waals surface area contributed by atoms with Gasteiger partial charge in [-0.1, -0.05) is 30.3 Å². The third kappa shape index (κ3) is 8.05. The summed E-state index contributed by atoms with van der Waals surface area (Å²) in [6.07, 6.45) is 13.8. The summed E-state index contributed by atoms with van der Waals surface area (Å²) >= 11 is 0. The van der Waals surface area contributed by atoms with Crippen LogP contribution in [0.3, 0.4) is 0 Å². The van der Waals surface area contributed by atoms with Gasteiger partial charge >= 0.3 is 18.0 Å². The molecule has 2 aromatic carbocycles. The lowest BCUT2D eigenvalue weighted by molar-refractivity contribution is -0.0638. The van der Waals surface area contributed by atoms with E-state index in [0.29, 0.717) is 48.7 Å². The van der Waals surface area contributed by atoms with Crippen LogP contribution in [0.2, 0.25) is 0 Å². The van der Waals surface area contributed by atoms with Crippen LogP contribution < -0.4 is 10.1 Å². The molecule has 1 amide bonds. The lowest BCUT2D eigenvalue weighted by atomic mass is 9.49. The Balaban J connectivity index is 0.941. The number of esters is 1. The topological polar surface area (TPSA) is 150 Å². The van der Waals surface area contributed by atoms with Crippen molar-refractivity contribution in [1.29, 1.82) is 0 Å². The number of aromatic nitrogens is 4. The Morgan fingerprint density at radius 1 is 0.917 bits per heavy atom. The fourth-order valence-corrected chi connectivity index (χ4v) is 10.8. The van der Waals surface area contributed by atoms with Gasteiger partial charge in [0, 0.05) is 61.6 Å². The van der Waals surface area contributed by atoms with E-state index in [1.165, 1.54) is 38.5 Å². The molecule has 13 heteroatoms. The van der Waals surface area contributed by atoms with Gasteiger partial charge in [0.05, 0.1) is 23.6 Å². The van der Waals surface area contributed by atoms with E-state index in [9.17, 15) is 19.5 Å². The number of hydrogen-bond donors (Lipinski definition) is 2. The highest BCUT2D eigenvalue weighted by Gasteiger charge is 2.51. The van der Waals surface area contributed by atoms with Crippen LogP contribution in [0.25, 0.3) is 16.8 Å². The van der Waals surface area contributed by atoms with Crippen LogP contribution in [0.1, 0.15) is 104 Å². The van der Waals surface area contributed by atoms with Crippen LogP contribution in [0, 0.1) is 30.1 Å². The fourth-order valence-electron chi connectivity index (χ4n) is 10.8. The summed E-state index contributed by atoms with van der Waals surface area (Å²) in [5.74, 6) is 1.86. The number of fused-ring (bicyclic) bond motifs is 1. The maximum absolute atomic E-state index is 13.5. The summed E-state index contributed by atoms with van der Waals surface area (Å²) in [6.45, 7) is 9.52. The van der Waals surface area contributed by atoms with E-state index in [-0.39, 0.29) is 41.0 Å². The lowest BCUT2D eigenvalue weighted by Gasteiger charge is -2.56. The first-order valence-electron chi connectivity index (χ1n) is 21.3. The molecule has 13 nitrogen and oxygen atoms in total. The number of carbonyl (C=O) groups is 3. The molecule has 5 aliphatic rings. The molecule has 60 heavy (non-hydrogen) atoms. The van der Waals surface area contributed by atoms with Crippen LogP contribution in [-0.4, -0.2) is 72.0 Å². The molecule has 10 rings (SSSR count). The van der Waals surface area contributed by atoms with Crippen LogP contribution in [-0.2, 0) is 22.6 Å². The van der Waals surface area contributed by atoms with Crippen molar-refractivity contribution in [2.24, 2.45) is 23.2 Å². The number of carbonyl (C=O) groups excluding carboxylic acids is 2. The molecule has 0 spiro atoms. The van der Waals surface area contributed by atoms with Crippen molar-refractivity contribution >= 4 is 35.2 Å².